The van der Waals surface area contributed by atoms with Gasteiger partial charge in [0, 0.05) is 52.2 Å². The van der Waals surface area contributed by atoms with E-state index in [2.05, 4.69) is 13.0 Å². The molecule has 17 atom stereocenters. The normalized spacial score (nSPS) is 47.4. The number of ether oxygens (including phenoxy) is 10. The lowest BCUT2D eigenvalue weighted by atomic mass is 9.71. The lowest BCUT2D eigenvalue weighted by Gasteiger charge is -2.51. The topological polar surface area (TPSA) is 187 Å². The SMILES string of the molecule is CO[C@H]1CC(O[C@@H]2/C(C)=C/C[C@@H]3C[C@@H](C[C@]4(CC[C@H](C)[C@@H](C5CCCCC5)O4)O3)OC(=O)[C@@H]3C=C(C)C(=O)[C@H]4OC/C(=C\C=C\[C@@H]2C)[C@]43O)O[C@@H](C)[C@@H]1O[C@H]1C[C@H](OC)C(O)(O)[C@H](C)O1. The number of ketones is 1. The fraction of sp³-hybridized carbons (Fsp3) is 0.800. The van der Waals surface area contributed by atoms with E-state index in [9.17, 15) is 24.9 Å². The van der Waals surface area contributed by atoms with Crippen molar-refractivity contribution >= 4 is 11.8 Å². The van der Waals surface area contributed by atoms with Crippen molar-refractivity contribution in [3.63, 3.8) is 0 Å². The maximum absolute atomic E-state index is 14.4. The van der Waals surface area contributed by atoms with Gasteiger partial charge in [-0.3, -0.25) is 9.59 Å². The summed E-state index contributed by atoms with van der Waals surface area (Å²) >= 11 is 0. The molecule has 5 saturated heterocycles. The molecule has 2 bridgehead atoms. The summed E-state index contributed by atoms with van der Waals surface area (Å²) in [4.78, 5) is 27.9. The highest BCUT2D eigenvalue weighted by molar-refractivity contribution is 6.03. The van der Waals surface area contributed by atoms with Crippen LogP contribution < -0.4 is 0 Å². The van der Waals surface area contributed by atoms with Gasteiger partial charge in [0.25, 0.3) is 0 Å². The molecule has 65 heavy (non-hydrogen) atoms. The van der Waals surface area contributed by atoms with Crippen molar-refractivity contribution in [2.75, 3.05) is 20.8 Å². The van der Waals surface area contributed by atoms with Crippen molar-refractivity contribution in [2.24, 2.45) is 23.7 Å². The van der Waals surface area contributed by atoms with Gasteiger partial charge in [-0.2, -0.15) is 0 Å². The van der Waals surface area contributed by atoms with Crippen molar-refractivity contribution in [3.05, 3.63) is 47.1 Å². The predicted molar refractivity (Wildman–Crippen MR) is 235 cm³/mol. The molecule has 1 unspecified atom stereocenters. The standard InChI is InChI=1S/C50H74O15/c1-27-13-12-16-34-26-58-46-42(51)30(4)21-37(49(34,46)53)47(52)61-36-22-35(64-48(25-36)20-19-29(3)44(65-48)33-14-10-9-11-15-33)18-17-28(2)43(27)62-40-23-38(56-7)45(31(5)59-40)63-41-24-39(57-8)50(54,55)32(6)60-41/h12-13,16-17,21,27,29,31-33,35-41,43-46,53-55H,9-11,14-15,18-20,22-26H2,1-8H3/b13-12+,28-17+,34-16+/t27-,29-,31-,32-,35+,36-,37-,38-,39-,40?,41-,43-,44-,45-,46+,48+,49+/m0/s1. The molecule has 364 valence electrons. The van der Waals surface area contributed by atoms with Gasteiger partial charge < -0.3 is 62.7 Å². The Morgan fingerprint density at radius 2 is 1.60 bits per heavy atom. The first kappa shape index (κ1) is 49.1. The number of carbonyl (C=O) groups excluding carboxylic acids is 2. The highest BCUT2D eigenvalue weighted by Gasteiger charge is 2.60. The summed E-state index contributed by atoms with van der Waals surface area (Å²) in [6.07, 6.45) is 11.0. The van der Waals surface area contributed by atoms with Gasteiger partial charge in [-0.15, -0.1) is 0 Å². The third kappa shape index (κ3) is 9.92. The van der Waals surface area contributed by atoms with Crippen LogP contribution in [0, 0.1) is 23.7 Å². The second kappa shape index (κ2) is 19.9. The summed E-state index contributed by atoms with van der Waals surface area (Å²) in [5.41, 5.74) is -0.210. The third-order valence-electron chi connectivity index (χ3n) is 15.8. The number of fused-ring (bicyclic) bond motifs is 2. The molecule has 0 amide bonds. The summed E-state index contributed by atoms with van der Waals surface area (Å²) in [6.45, 7) is 11.4. The fourth-order valence-corrected chi connectivity index (χ4v) is 11.9. The van der Waals surface area contributed by atoms with Crippen molar-refractivity contribution in [1.82, 2.24) is 0 Å². The molecule has 1 spiro atoms. The molecule has 0 radical (unpaired) electrons. The number of esters is 1. The molecule has 6 fully saturated rings. The van der Waals surface area contributed by atoms with Crippen LogP contribution in [0.2, 0.25) is 0 Å². The van der Waals surface area contributed by atoms with Crippen molar-refractivity contribution in [2.45, 2.75) is 209 Å². The van der Waals surface area contributed by atoms with Crippen LogP contribution in [0.5, 0.6) is 0 Å². The van der Waals surface area contributed by atoms with Gasteiger partial charge in [-0.05, 0) is 81.9 Å². The molecule has 8 aliphatic rings. The van der Waals surface area contributed by atoms with E-state index in [0.717, 1.165) is 24.8 Å². The molecule has 15 heteroatoms. The Balaban J connectivity index is 1.07. The summed E-state index contributed by atoms with van der Waals surface area (Å²) in [7, 11) is 3.03. The molecule has 3 N–H and O–H groups in total. The van der Waals surface area contributed by atoms with Crippen LogP contribution >= 0.6 is 0 Å². The van der Waals surface area contributed by atoms with E-state index < -0.39 is 90.5 Å². The van der Waals surface area contributed by atoms with E-state index in [0.29, 0.717) is 55.1 Å². The quantitative estimate of drug-likeness (QED) is 0.161. The first-order chi connectivity index (χ1) is 31.0. The minimum atomic E-state index is -2.17. The lowest BCUT2D eigenvalue weighted by Crippen LogP contribution is -2.60. The fourth-order valence-electron chi connectivity index (χ4n) is 11.9. The van der Waals surface area contributed by atoms with Gasteiger partial charge in [0.15, 0.2) is 30.3 Å². The molecule has 0 aromatic carbocycles. The van der Waals surface area contributed by atoms with Gasteiger partial charge in [-0.25, -0.2) is 0 Å². The number of rotatable bonds is 7. The maximum atomic E-state index is 14.4. The van der Waals surface area contributed by atoms with Crippen molar-refractivity contribution in [3.8, 4) is 0 Å². The first-order valence-corrected chi connectivity index (χ1v) is 24.3. The first-order valence-electron chi connectivity index (χ1n) is 24.3. The Bertz CT molecular complexity index is 1840. The molecular formula is C50H74O15. The maximum Gasteiger partial charge on any atom is 0.316 e. The Morgan fingerprint density at radius 1 is 0.846 bits per heavy atom. The Morgan fingerprint density at radius 3 is 2.34 bits per heavy atom. The molecular weight excluding hydrogens is 841 g/mol. The summed E-state index contributed by atoms with van der Waals surface area (Å²) in [5, 5.41) is 33.6. The van der Waals surface area contributed by atoms with Gasteiger partial charge in [0.05, 0.1) is 37.1 Å². The number of allylic oxidation sites excluding steroid dienone is 2. The highest BCUT2D eigenvalue weighted by Crippen LogP contribution is 2.48. The summed E-state index contributed by atoms with van der Waals surface area (Å²) in [5.74, 6) is -4.62. The Hall–Kier alpha value is -2.38. The lowest BCUT2D eigenvalue weighted by molar-refractivity contribution is -0.371. The summed E-state index contributed by atoms with van der Waals surface area (Å²) in [6, 6.07) is 0. The number of Topliss-reactive ketones (excluding diaryl/α,β-unsaturated/α-hetero) is 1. The number of carbonyl (C=O) groups is 2. The van der Waals surface area contributed by atoms with Crippen LogP contribution in [0.25, 0.3) is 0 Å². The molecule has 15 nitrogen and oxygen atoms in total. The Kier molecular flexibility index (Phi) is 15.0. The van der Waals surface area contributed by atoms with E-state index in [4.69, 9.17) is 47.4 Å². The number of hydrogen-bond acceptors (Lipinski definition) is 15. The van der Waals surface area contributed by atoms with Crippen LogP contribution in [-0.2, 0) is 57.0 Å². The van der Waals surface area contributed by atoms with E-state index in [-0.39, 0.29) is 36.9 Å². The predicted octanol–water partition coefficient (Wildman–Crippen LogP) is 5.66. The molecule has 0 aromatic heterocycles. The minimum Gasteiger partial charge on any atom is -0.462 e. The van der Waals surface area contributed by atoms with Crippen LogP contribution in [0.3, 0.4) is 0 Å². The third-order valence-corrected chi connectivity index (χ3v) is 15.8. The van der Waals surface area contributed by atoms with Crippen molar-refractivity contribution < 1.29 is 72.3 Å². The zero-order valence-electron chi connectivity index (χ0n) is 39.6. The van der Waals surface area contributed by atoms with Crippen molar-refractivity contribution in [1.29, 1.82) is 0 Å². The second-order valence-electron chi connectivity index (χ2n) is 20.4. The summed E-state index contributed by atoms with van der Waals surface area (Å²) < 4.78 is 63.7. The van der Waals surface area contributed by atoms with Crippen LogP contribution in [0.15, 0.2) is 47.1 Å². The monoisotopic (exact) mass is 915 g/mol. The highest BCUT2D eigenvalue weighted by atomic mass is 16.7. The molecule has 2 aliphatic carbocycles. The van der Waals surface area contributed by atoms with Gasteiger partial charge in [0.1, 0.15) is 35.9 Å². The average Bonchev–Trinajstić information content (AvgIpc) is 3.62. The average molecular weight is 915 g/mol. The molecule has 0 aromatic rings. The zero-order valence-corrected chi connectivity index (χ0v) is 39.6. The van der Waals surface area contributed by atoms with Gasteiger partial charge >= 0.3 is 5.97 Å². The van der Waals surface area contributed by atoms with E-state index in [1.807, 2.05) is 32.9 Å². The van der Waals surface area contributed by atoms with E-state index in [1.165, 1.54) is 26.4 Å². The molecule has 6 aliphatic heterocycles. The van der Waals surface area contributed by atoms with Crippen LogP contribution in [-0.4, -0.2) is 139 Å². The van der Waals surface area contributed by atoms with Crippen LogP contribution in [0.1, 0.15) is 119 Å². The van der Waals surface area contributed by atoms with E-state index in [1.54, 1.807) is 33.1 Å². The molecule has 6 heterocycles. The van der Waals surface area contributed by atoms with E-state index >= 15 is 0 Å². The number of methoxy groups -OCH3 is 2. The van der Waals surface area contributed by atoms with Gasteiger partial charge in [-0.1, -0.05) is 63.5 Å². The van der Waals surface area contributed by atoms with Crippen LogP contribution in [0.4, 0.5) is 0 Å². The second-order valence-corrected chi connectivity index (χ2v) is 20.4. The molecule has 1 saturated carbocycles. The number of hydrogen-bond donors (Lipinski definition) is 3. The molecule has 8 rings (SSSR count). The minimum absolute atomic E-state index is 0.0281. The Labute approximate surface area is 384 Å². The number of aliphatic hydroxyl groups is 3. The zero-order chi connectivity index (χ0) is 46.4. The smallest absolute Gasteiger partial charge is 0.316 e. The largest absolute Gasteiger partial charge is 0.462 e. The van der Waals surface area contributed by atoms with Gasteiger partial charge in [0.2, 0.25) is 5.79 Å².